The van der Waals surface area contributed by atoms with Gasteiger partial charge in [-0.3, -0.25) is 9.59 Å². The van der Waals surface area contributed by atoms with Gasteiger partial charge in [0, 0.05) is 29.8 Å². The molecule has 2 rings (SSSR count). The first-order chi connectivity index (χ1) is 8.95. The summed E-state index contributed by atoms with van der Waals surface area (Å²) in [5.74, 6) is -0.0535. The molecule has 6 heteroatoms. The molecule has 1 fully saturated rings. The summed E-state index contributed by atoms with van der Waals surface area (Å²) >= 11 is 3.30. The Morgan fingerprint density at radius 3 is 2.63 bits per heavy atom. The second-order valence-corrected chi connectivity index (χ2v) is 5.79. The summed E-state index contributed by atoms with van der Waals surface area (Å²) in [6.45, 7) is 5.11. The second-order valence-electron chi connectivity index (χ2n) is 4.87. The van der Waals surface area contributed by atoms with E-state index in [2.05, 4.69) is 15.9 Å². The summed E-state index contributed by atoms with van der Waals surface area (Å²) in [4.78, 5) is 25.6. The van der Waals surface area contributed by atoms with Gasteiger partial charge < -0.3 is 14.2 Å². The lowest BCUT2D eigenvalue weighted by molar-refractivity contribution is -0.143. The van der Waals surface area contributed by atoms with Crippen LogP contribution >= 0.6 is 15.9 Å². The Hall–Kier alpha value is -1.14. The van der Waals surface area contributed by atoms with Crippen molar-refractivity contribution in [2.24, 2.45) is 0 Å². The van der Waals surface area contributed by atoms with Crippen molar-refractivity contribution in [2.75, 3.05) is 13.1 Å². The van der Waals surface area contributed by atoms with Gasteiger partial charge in [0.15, 0.2) is 0 Å². The molecule has 0 spiro atoms. The van der Waals surface area contributed by atoms with Gasteiger partial charge in [0.2, 0.25) is 5.91 Å². The lowest BCUT2D eigenvalue weighted by Crippen LogP contribution is -2.49. The highest BCUT2D eigenvalue weighted by molar-refractivity contribution is 9.10. The maximum absolute atomic E-state index is 12.2. The maximum atomic E-state index is 12.2. The van der Waals surface area contributed by atoms with Gasteiger partial charge in [-0.2, -0.15) is 0 Å². The Morgan fingerprint density at radius 2 is 2.00 bits per heavy atom. The number of carbonyl (C=O) groups excluding carboxylic acids is 1. The predicted molar refractivity (Wildman–Crippen MR) is 75.0 cm³/mol. The third-order valence-electron chi connectivity index (χ3n) is 3.03. The first-order valence-corrected chi connectivity index (χ1v) is 7.04. The van der Waals surface area contributed by atoms with E-state index < -0.39 is 0 Å². The van der Waals surface area contributed by atoms with Crippen LogP contribution < -0.4 is 5.56 Å². The standard InChI is InChI=1S/C13H17BrN2O3/c1-9-5-15(6-10(2)19-9)13(18)8-16-7-11(14)3-4-12(16)17/h3-4,7,9-10H,5-6,8H2,1-2H3/t9-,10-/m1/s1. The Kier molecular flexibility index (Phi) is 4.42. The minimum atomic E-state index is -0.175. The van der Waals surface area contributed by atoms with Crippen LogP contribution in [0.2, 0.25) is 0 Å². The van der Waals surface area contributed by atoms with Crippen LogP contribution in [0.15, 0.2) is 27.6 Å². The molecular weight excluding hydrogens is 312 g/mol. The van der Waals surface area contributed by atoms with Crippen LogP contribution in [0.3, 0.4) is 0 Å². The number of hydrogen-bond acceptors (Lipinski definition) is 3. The quantitative estimate of drug-likeness (QED) is 0.821. The fourth-order valence-corrected chi connectivity index (χ4v) is 2.63. The van der Waals surface area contributed by atoms with E-state index >= 15 is 0 Å². The molecule has 0 aromatic carbocycles. The molecule has 2 heterocycles. The van der Waals surface area contributed by atoms with Crippen LogP contribution in [0, 0.1) is 0 Å². The summed E-state index contributed by atoms with van der Waals surface area (Å²) < 4.78 is 7.78. The Bertz CT molecular complexity index is 519. The van der Waals surface area contributed by atoms with E-state index in [1.807, 2.05) is 13.8 Å². The first-order valence-electron chi connectivity index (χ1n) is 6.25. The first kappa shape index (κ1) is 14.3. The van der Waals surface area contributed by atoms with E-state index in [4.69, 9.17) is 4.74 Å². The van der Waals surface area contributed by atoms with E-state index in [-0.39, 0.29) is 30.2 Å². The van der Waals surface area contributed by atoms with Crippen LogP contribution in [0.1, 0.15) is 13.8 Å². The Balaban J connectivity index is 2.08. The minimum absolute atomic E-state index is 0.0342. The average molecular weight is 329 g/mol. The zero-order chi connectivity index (χ0) is 14.0. The van der Waals surface area contributed by atoms with Crippen molar-refractivity contribution in [1.29, 1.82) is 0 Å². The third kappa shape index (κ3) is 3.67. The molecule has 1 aromatic heterocycles. The number of halogens is 1. The summed E-state index contributed by atoms with van der Waals surface area (Å²) in [5.41, 5.74) is -0.175. The van der Waals surface area contributed by atoms with Gasteiger partial charge in [0.05, 0.1) is 12.2 Å². The Morgan fingerprint density at radius 1 is 1.37 bits per heavy atom. The van der Waals surface area contributed by atoms with Crippen molar-refractivity contribution in [1.82, 2.24) is 9.47 Å². The largest absolute Gasteiger partial charge is 0.372 e. The highest BCUT2D eigenvalue weighted by Gasteiger charge is 2.25. The van der Waals surface area contributed by atoms with E-state index in [0.29, 0.717) is 13.1 Å². The van der Waals surface area contributed by atoms with Gasteiger partial charge in [0.1, 0.15) is 6.54 Å². The summed E-state index contributed by atoms with van der Waals surface area (Å²) in [7, 11) is 0. The molecule has 19 heavy (non-hydrogen) atoms. The van der Waals surface area contributed by atoms with Crippen LogP contribution in [0.25, 0.3) is 0 Å². The Labute approximate surface area is 120 Å². The van der Waals surface area contributed by atoms with Crippen molar-refractivity contribution in [2.45, 2.75) is 32.6 Å². The number of pyridine rings is 1. The summed E-state index contributed by atoms with van der Waals surface area (Å²) in [6, 6.07) is 3.12. The van der Waals surface area contributed by atoms with Crippen molar-refractivity contribution >= 4 is 21.8 Å². The topological polar surface area (TPSA) is 51.5 Å². The SMILES string of the molecule is C[C@@H]1CN(C(=O)Cn2cc(Br)ccc2=O)C[C@@H](C)O1. The lowest BCUT2D eigenvalue weighted by atomic mass is 10.2. The molecule has 1 aliphatic rings. The number of carbonyl (C=O) groups is 1. The fraction of sp³-hybridized carbons (Fsp3) is 0.538. The van der Waals surface area contributed by atoms with Gasteiger partial charge in [-0.15, -0.1) is 0 Å². The van der Waals surface area contributed by atoms with Crippen LogP contribution in [0.5, 0.6) is 0 Å². The average Bonchev–Trinajstić information content (AvgIpc) is 2.32. The number of amides is 1. The monoisotopic (exact) mass is 328 g/mol. The highest BCUT2D eigenvalue weighted by atomic mass is 79.9. The molecule has 2 atom stereocenters. The number of ether oxygens (including phenoxy) is 1. The van der Waals surface area contributed by atoms with Crippen molar-refractivity contribution in [3.8, 4) is 0 Å². The molecule has 1 aromatic rings. The number of rotatable bonds is 2. The molecule has 0 aliphatic carbocycles. The molecule has 1 saturated heterocycles. The second kappa shape index (κ2) is 5.88. The zero-order valence-corrected chi connectivity index (χ0v) is 12.6. The van der Waals surface area contributed by atoms with Gasteiger partial charge in [-0.05, 0) is 35.8 Å². The van der Waals surface area contributed by atoms with E-state index in [1.54, 1.807) is 17.2 Å². The molecule has 0 saturated carbocycles. The summed E-state index contributed by atoms with van der Waals surface area (Å²) in [6.07, 6.45) is 1.70. The molecular formula is C13H17BrN2O3. The molecule has 0 unspecified atom stereocenters. The van der Waals surface area contributed by atoms with E-state index in [1.165, 1.54) is 10.6 Å². The molecule has 1 aliphatic heterocycles. The highest BCUT2D eigenvalue weighted by Crippen LogP contribution is 2.11. The molecule has 1 amide bonds. The van der Waals surface area contributed by atoms with Crippen LogP contribution in [-0.4, -0.2) is 40.7 Å². The number of aromatic nitrogens is 1. The third-order valence-corrected chi connectivity index (χ3v) is 3.49. The zero-order valence-electron chi connectivity index (χ0n) is 11.0. The number of nitrogens with zero attached hydrogens (tertiary/aromatic N) is 2. The van der Waals surface area contributed by atoms with Gasteiger partial charge in [-0.25, -0.2) is 0 Å². The van der Waals surface area contributed by atoms with E-state index in [0.717, 1.165) is 4.47 Å². The van der Waals surface area contributed by atoms with Gasteiger partial charge in [0.25, 0.3) is 5.56 Å². The number of hydrogen-bond donors (Lipinski definition) is 0. The smallest absolute Gasteiger partial charge is 0.251 e. The van der Waals surface area contributed by atoms with Crippen molar-refractivity contribution in [3.63, 3.8) is 0 Å². The predicted octanol–water partition coefficient (Wildman–Crippen LogP) is 1.25. The minimum Gasteiger partial charge on any atom is -0.372 e. The maximum Gasteiger partial charge on any atom is 0.251 e. The number of morpholine rings is 1. The molecule has 0 N–H and O–H groups in total. The van der Waals surface area contributed by atoms with Gasteiger partial charge in [-0.1, -0.05) is 0 Å². The molecule has 0 bridgehead atoms. The fourth-order valence-electron chi connectivity index (χ4n) is 2.25. The van der Waals surface area contributed by atoms with Crippen LogP contribution in [0.4, 0.5) is 0 Å². The van der Waals surface area contributed by atoms with E-state index in [9.17, 15) is 9.59 Å². The van der Waals surface area contributed by atoms with Crippen molar-refractivity contribution < 1.29 is 9.53 Å². The van der Waals surface area contributed by atoms with Gasteiger partial charge >= 0.3 is 0 Å². The summed E-state index contributed by atoms with van der Waals surface area (Å²) in [5, 5.41) is 0. The molecule has 5 nitrogen and oxygen atoms in total. The van der Waals surface area contributed by atoms with Crippen LogP contribution in [-0.2, 0) is 16.1 Å². The molecule has 0 radical (unpaired) electrons. The molecule has 104 valence electrons. The normalized spacial score (nSPS) is 23.4. The lowest BCUT2D eigenvalue weighted by Gasteiger charge is -2.35. The van der Waals surface area contributed by atoms with Crippen molar-refractivity contribution in [3.05, 3.63) is 33.2 Å².